The number of piperidine rings is 2. The quantitative estimate of drug-likeness (QED) is 0.708. The van der Waals surface area contributed by atoms with Crippen LogP contribution in [0.1, 0.15) is 91.9 Å². The second-order valence-electron chi connectivity index (χ2n) is 8.07. The number of carbonyl (C=O) groups excluding carboxylic acids is 2. The zero-order chi connectivity index (χ0) is 17.7. The van der Waals surface area contributed by atoms with E-state index in [1.54, 1.807) is 0 Å². The first-order valence-electron chi connectivity index (χ1n) is 10.0. The van der Waals surface area contributed by atoms with Crippen LogP contribution in [0, 0.1) is 0 Å². The van der Waals surface area contributed by atoms with Gasteiger partial charge in [0.2, 0.25) is 11.8 Å². The zero-order valence-corrected chi connectivity index (χ0v) is 16.1. The van der Waals surface area contributed by atoms with Crippen molar-refractivity contribution in [3.63, 3.8) is 0 Å². The number of hydrogen-bond acceptors (Lipinski definition) is 2. The Morgan fingerprint density at radius 2 is 0.958 bits per heavy atom. The summed E-state index contributed by atoms with van der Waals surface area (Å²) in [6, 6.07) is 1.49. The number of carbonyl (C=O) groups is 2. The van der Waals surface area contributed by atoms with Crippen LogP contribution >= 0.6 is 0 Å². The van der Waals surface area contributed by atoms with Gasteiger partial charge in [0.1, 0.15) is 0 Å². The van der Waals surface area contributed by atoms with Gasteiger partial charge in [-0.2, -0.15) is 0 Å². The second-order valence-corrected chi connectivity index (χ2v) is 8.07. The molecule has 0 aromatic rings. The highest BCUT2D eigenvalue weighted by molar-refractivity contribution is 5.78. The zero-order valence-electron chi connectivity index (χ0n) is 16.1. The minimum atomic E-state index is 0.279. The molecule has 0 aliphatic carbocycles. The molecule has 138 valence electrons. The summed E-state index contributed by atoms with van der Waals surface area (Å²) in [6.07, 6.45) is 9.80. The van der Waals surface area contributed by atoms with Crippen molar-refractivity contribution in [2.24, 2.45) is 0 Å². The lowest BCUT2D eigenvalue weighted by Gasteiger charge is -2.39. The van der Waals surface area contributed by atoms with E-state index in [0.29, 0.717) is 37.0 Å². The molecule has 2 rings (SSSR count). The van der Waals surface area contributed by atoms with E-state index in [4.69, 9.17) is 0 Å². The highest BCUT2D eigenvalue weighted by Crippen LogP contribution is 2.25. The molecule has 0 aromatic carbocycles. The molecule has 2 saturated heterocycles. The van der Waals surface area contributed by atoms with E-state index < -0.39 is 0 Å². The summed E-state index contributed by atoms with van der Waals surface area (Å²) in [7, 11) is 0. The molecule has 4 atom stereocenters. The minimum absolute atomic E-state index is 0.279. The van der Waals surface area contributed by atoms with Gasteiger partial charge in [-0.15, -0.1) is 0 Å². The molecule has 0 saturated carbocycles. The van der Waals surface area contributed by atoms with Crippen molar-refractivity contribution in [3.8, 4) is 0 Å². The van der Waals surface area contributed by atoms with Crippen molar-refractivity contribution in [2.75, 3.05) is 0 Å². The van der Waals surface area contributed by atoms with Gasteiger partial charge >= 0.3 is 0 Å². The Hall–Kier alpha value is -1.06. The third kappa shape index (κ3) is 4.73. The Morgan fingerprint density at radius 3 is 1.25 bits per heavy atom. The first-order chi connectivity index (χ1) is 11.4. The summed E-state index contributed by atoms with van der Waals surface area (Å²) in [6.45, 7) is 8.65. The van der Waals surface area contributed by atoms with Crippen LogP contribution in [-0.4, -0.2) is 45.8 Å². The van der Waals surface area contributed by atoms with Gasteiger partial charge in [0.25, 0.3) is 0 Å². The Kier molecular flexibility index (Phi) is 7.12. The van der Waals surface area contributed by atoms with Crippen LogP contribution in [0.5, 0.6) is 0 Å². The highest BCUT2D eigenvalue weighted by Gasteiger charge is 2.29. The second kappa shape index (κ2) is 8.87. The van der Waals surface area contributed by atoms with E-state index in [1.807, 2.05) is 0 Å². The van der Waals surface area contributed by atoms with Crippen LogP contribution in [0.25, 0.3) is 0 Å². The van der Waals surface area contributed by atoms with Crippen molar-refractivity contribution < 1.29 is 9.59 Å². The molecule has 0 radical (unpaired) electrons. The predicted molar refractivity (Wildman–Crippen MR) is 97.7 cm³/mol. The summed E-state index contributed by atoms with van der Waals surface area (Å²) in [5.74, 6) is 0.559. The van der Waals surface area contributed by atoms with Crippen molar-refractivity contribution >= 4 is 11.8 Å². The number of nitrogens with zero attached hydrogens (tertiary/aromatic N) is 2. The molecule has 2 amide bonds. The summed E-state index contributed by atoms with van der Waals surface area (Å²) in [5.41, 5.74) is 0. The fourth-order valence-corrected chi connectivity index (χ4v) is 4.64. The van der Waals surface area contributed by atoms with E-state index in [9.17, 15) is 9.59 Å². The Labute approximate surface area is 148 Å². The SMILES string of the molecule is C[C@H]1CCC[C@H](C)N1C(=O)CCCCC(=O)N1[C@@H](C)CCC[C@@H]1C. The topological polar surface area (TPSA) is 40.6 Å². The van der Waals surface area contributed by atoms with Crippen molar-refractivity contribution in [1.82, 2.24) is 9.80 Å². The molecule has 0 bridgehead atoms. The summed E-state index contributed by atoms with van der Waals surface area (Å²) < 4.78 is 0. The first kappa shape index (κ1) is 19.3. The van der Waals surface area contributed by atoms with Crippen LogP contribution in [0.2, 0.25) is 0 Å². The molecular formula is C20H36N2O2. The molecule has 0 N–H and O–H groups in total. The highest BCUT2D eigenvalue weighted by atomic mass is 16.2. The molecule has 4 nitrogen and oxygen atoms in total. The number of rotatable bonds is 5. The van der Waals surface area contributed by atoms with Crippen molar-refractivity contribution in [2.45, 2.75) is 116 Å². The van der Waals surface area contributed by atoms with Crippen molar-refractivity contribution in [3.05, 3.63) is 0 Å². The van der Waals surface area contributed by atoms with Gasteiger partial charge in [-0.3, -0.25) is 9.59 Å². The molecule has 2 aliphatic rings. The molecule has 0 unspecified atom stereocenters. The largest absolute Gasteiger partial charge is 0.337 e. The summed E-state index contributed by atoms with van der Waals surface area (Å²) in [4.78, 5) is 29.2. The number of unbranched alkanes of at least 4 members (excludes halogenated alkanes) is 1. The molecule has 2 fully saturated rings. The smallest absolute Gasteiger partial charge is 0.223 e. The summed E-state index contributed by atoms with van der Waals surface area (Å²) >= 11 is 0. The van der Waals surface area contributed by atoms with Crippen LogP contribution < -0.4 is 0 Å². The predicted octanol–water partition coefficient (Wildman–Crippen LogP) is 4.13. The molecule has 2 heterocycles. The molecule has 4 heteroatoms. The van der Waals surface area contributed by atoms with Gasteiger partial charge in [-0.05, 0) is 79.1 Å². The maximum atomic E-state index is 12.5. The van der Waals surface area contributed by atoms with Gasteiger partial charge < -0.3 is 9.80 Å². The van der Waals surface area contributed by atoms with E-state index in [0.717, 1.165) is 38.5 Å². The van der Waals surface area contributed by atoms with E-state index in [-0.39, 0.29) is 11.8 Å². The molecule has 0 spiro atoms. The Bertz CT molecular complexity index is 377. The first-order valence-corrected chi connectivity index (χ1v) is 10.0. The van der Waals surface area contributed by atoms with Crippen LogP contribution in [0.15, 0.2) is 0 Å². The number of likely N-dealkylation sites (tertiary alicyclic amines) is 2. The maximum absolute atomic E-state index is 12.5. The van der Waals surface area contributed by atoms with Gasteiger partial charge in [-0.25, -0.2) is 0 Å². The monoisotopic (exact) mass is 336 g/mol. The van der Waals surface area contributed by atoms with E-state index in [2.05, 4.69) is 37.5 Å². The third-order valence-electron chi connectivity index (χ3n) is 5.99. The van der Waals surface area contributed by atoms with Gasteiger partial charge in [0.15, 0.2) is 0 Å². The number of hydrogen-bond donors (Lipinski definition) is 0. The number of amides is 2. The lowest BCUT2D eigenvalue weighted by Crippen LogP contribution is -2.47. The summed E-state index contributed by atoms with van der Waals surface area (Å²) in [5, 5.41) is 0. The third-order valence-corrected chi connectivity index (χ3v) is 5.99. The Balaban J connectivity index is 1.72. The average Bonchev–Trinajstić information content (AvgIpc) is 2.51. The van der Waals surface area contributed by atoms with Crippen LogP contribution in [-0.2, 0) is 9.59 Å². The fourth-order valence-electron chi connectivity index (χ4n) is 4.64. The van der Waals surface area contributed by atoms with E-state index in [1.165, 1.54) is 12.8 Å². The van der Waals surface area contributed by atoms with Crippen molar-refractivity contribution in [1.29, 1.82) is 0 Å². The minimum Gasteiger partial charge on any atom is -0.337 e. The fraction of sp³-hybridized carbons (Fsp3) is 0.900. The van der Waals surface area contributed by atoms with Gasteiger partial charge in [0, 0.05) is 37.0 Å². The lowest BCUT2D eigenvalue weighted by atomic mass is 9.96. The molecular weight excluding hydrogens is 300 g/mol. The molecule has 0 aromatic heterocycles. The molecule has 2 aliphatic heterocycles. The van der Waals surface area contributed by atoms with Crippen LogP contribution in [0.3, 0.4) is 0 Å². The standard InChI is InChI=1S/C20H36N2O2/c1-15-9-7-10-16(2)21(15)19(23)13-5-6-14-20(24)22-17(3)11-8-12-18(22)4/h15-18H,5-14H2,1-4H3/t15-,16-,17-,18-/m0/s1. The normalized spacial score (nSPS) is 31.2. The van der Waals surface area contributed by atoms with Gasteiger partial charge in [0.05, 0.1) is 0 Å². The maximum Gasteiger partial charge on any atom is 0.223 e. The lowest BCUT2D eigenvalue weighted by molar-refractivity contribution is -0.139. The Morgan fingerprint density at radius 1 is 0.667 bits per heavy atom. The van der Waals surface area contributed by atoms with Gasteiger partial charge in [-0.1, -0.05) is 0 Å². The van der Waals surface area contributed by atoms with Crippen LogP contribution in [0.4, 0.5) is 0 Å². The van der Waals surface area contributed by atoms with E-state index >= 15 is 0 Å². The molecule has 24 heavy (non-hydrogen) atoms. The average molecular weight is 337 g/mol.